The Bertz CT molecular complexity index is 327. The summed E-state index contributed by atoms with van der Waals surface area (Å²) in [6, 6.07) is 0.320. The lowest BCUT2D eigenvalue weighted by Gasteiger charge is -2.33. The number of nitrogens with one attached hydrogen (secondary N) is 1. The average Bonchev–Trinajstić information content (AvgIpc) is 2.29. The van der Waals surface area contributed by atoms with Gasteiger partial charge in [-0.2, -0.15) is 13.2 Å². The predicted molar refractivity (Wildman–Crippen MR) is 58.6 cm³/mol. The number of halogens is 3. The third kappa shape index (κ3) is 3.10. The molecule has 3 atom stereocenters. The number of rotatable bonds is 1. The van der Waals surface area contributed by atoms with Gasteiger partial charge in [-0.25, -0.2) is 0 Å². The summed E-state index contributed by atoms with van der Waals surface area (Å²) in [7, 11) is 0. The van der Waals surface area contributed by atoms with Gasteiger partial charge in [0.2, 0.25) is 0 Å². The molecule has 0 amide bonds. The SMILES string of the molecule is C[C@@H]1CO[C@@H](C2C=CC(C(F)(F)F)=CC2)CN1. The molecule has 0 aromatic carbocycles. The maximum absolute atomic E-state index is 12.4. The summed E-state index contributed by atoms with van der Waals surface area (Å²) in [4.78, 5) is 0. The zero-order valence-corrected chi connectivity index (χ0v) is 9.63. The van der Waals surface area contributed by atoms with Gasteiger partial charge in [0.1, 0.15) is 0 Å². The molecule has 1 aliphatic carbocycles. The van der Waals surface area contributed by atoms with Gasteiger partial charge in [-0.1, -0.05) is 18.2 Å². The van der Waals surface area contributed by atoms with E-state index in [2.05, 4.69) is 5.32 Å². The Morgan fingerprint density at radius 3 is 2.65 bits per heavy atom. The lowest BCUT2D eigenvalue weighted by molar-refractivity contribution is -0.0891. The molecule has 2 nitrogen and oxygen atoms in total. The minimum atomic E-state index is -4.23. The molecule has 17 heavy (non-hydrogen) atoms. The van der Waals surface area contributed by atoms with Gasteiger partial charge < -0.3 is 10.1 Å². The number of ether oxygens (including phenoxy) is 1. The smallest absolute Gasteiger partial charge is 0.375 e. The van der Waals surface area contributed by atoms with E-state index < -0.39 is 11.7 Å². The molecule has 2 rings (SSSR count). The molecule has 1 unspecified atom stereocenters. The highest BCUT2D eigenvalue weighted by Crippen LogP contribution is 2.32. The predicted octanol–water partition coefficient (Wildman–Crippen LogP) is 2.43. The van der Waals surface area contributed by atoms with E-state index in [1.807, 2.05) is 6.92 Å². The van der Waals surface area contributed by atoms with Crippen LogP contribution in [0.15, 0.2) is 23.8 Å². The highest BCUT2D eigenvalue weighted by Gasteiger charge is 2.34. The first-order valence-corrected chi connectivity index (χ1v) is 5.77. The van der Waals surface area contributed by atoms with Crippen molar-refractivity contribution in [2.24, 2.45) is 5.92 Å². The second-order valence-electron chi connectivity index (χ2n) is 4.60. The van der Waals surface area contributed by atoms with Gasteiger partial charge in [0.25, 0.3) is 0 Å². The quantitative estimate of drug-likeness (QED) is 0.768. The molecule has 1 N–H and O–H groups in total. The molecule has 0 saturated carbocycles. The molecule has 0 radical (unpaired) electrons. The van der Waals surface area contributed by atoms with E-state index in [0.29, 0.717) is 25.6 Å². The van der Waals surface area contributed by atoms with Gasteiger partial charge in [-0.15, -0.1) is 0 Å². The molecule has 2 aliphatic rings. The van der Waals surface area contributed by atoms with Crippen molar-refractivity contribution in [2.75, 3.05) is 13.2 Å². The number of hydrogen-bond donors (Lipinski definition) is 1. The van der Waals surface area contributed by atoms with E-state index in [9.17, 15) is 13.2 Å². The van der Waals surface area contributed by atoms with Crippen molar-refractivity contribution < 1.29 is 17.9 Å². The summed E-state index contributed by atoms with van der Waals surface area (Å²) in [6.45, 7) is 3.34. The van der Waals surface area contributed by atoms with Gasteiger partial charge in [-0.3, -0.25) is 0 Å². The first-order valence-electron chi connectivity index (χ1n) is 5.77. The third-order valence-corrected chi connectivity index (χ3v) is 3.17. The molecule has 1 saturated heterocycles. The molecule has 0 bridgehead atoms. The minimum absolute atomic E-state index is 0.0199. The summed E-state index contributed by atoms with van der Waals surface area (Å²) in [5, 5.41) is 3.27. The number of allylic oxidation sites excluding steroid dienone is 3. The molecule has 1 fully saturated rings. The molecule has 96 valence electrons. The van der Waals surface area contributed by atoms with Crippen LogP contribution in [-0.2, 0) is 4.74 Å². The Morgan fingerprint density at radius 2 is 2.18 bits per heavy atom. The maximum Gasteiger partial charge on any atom is 0.416 e. The average molecular weight is 247 g/mol. The van der Waals surface area contributed by atoms with Crippen molar-refractivity contribution in [3.05, 3.63) is 23.8 Å². The molecule has 0 aromatic heterocycles. The fraction of sp³-hybridized carbons (Fsp3) is 0.667. The molecule has 1 aliphatic heterocycles. The first kappa shape index (κ1) is 12.6. The Balaban J connectivity index is 1.92. The Morgan fingerprint density at radius 1 is 1.41 bits per heavy atom. The van der Waals surface area contributed by atoms with E-state index in [0.717, 1.165) is 6.08 Å². The van der Waals surface area contributed by atoms with Crippen LogP contribution in [0.4, 0.5) is 13.2 Å². The lowest BCUT2D eigenvalue weighted by atomic mass is 9.91. The zero-order chi connectivity index (χ0) is 12.5. The van der Waals surface area contributed by atoms with Crippen molar-refractivity contribution in [2.45, 2.75) is 31.7 Å². The maximum atomic E-state index is 12.4. The van der Waals surface area contributed by atoms with Gasteiger partial charge in [0.15, 0.2) is 0 Å². The number of morpholine rings is 1. The van der Waals surface area contributed by atoms with Crippen LogP contribution in [0.3, 0.4) is 0 Å². The fourth-order valence-electron chi connectivity index (χ4n) is 2.10. The van der Waals surface area contributed by atoms with E-state index in [-0.39, 0.29) is 12.0 Å². The molecule has 0 aromatic rings. The van der Waals surface area contributed by atoms with Crippen LogP contribution < -0.4 is 5.32 Å². The Labute approximate surface area is 98.5 Å². The van der Waals surface area contributed by atoms with Crippen molar-refractivity contribution >= 4 is 0 Å². The van der Waals surface area contributed by atoms with Crippen LogP contribution in [0.25, 0.3) is 0 Å². The highest BCUT2D eigenvalue weighted by molar-refractivity contribution is 5.28. The largest absolute Gasteiger partial charge is 0.416 e. The van der Waals surface area contributed by atoms with Gasteiger partial charge >= 0.3 is 6.18 Å². The van der Waals surface area contributed by atoms with Crippen LogP contribution >= 0.6 is 0 Å². The molecule has 1 heterocycles. The monoisotopic (exact) mass is 247 g/mol. The summed E-state index contributed by atoms with van der Waals surface area (Å²) < 4.78 is 42.8. The highest BCUT2D eigenvalue weighted by atomic mass is 19.4. The Kier molecular flexibility index (Phi) is 3.58. The summed E-state index contributed by atoms with van der Waals surface area (Å²) in [6.07, 6.45) is 0.175. The fourth-order valence-corrected chi connectivity index (χ4v) is 2.10. The zero-order valence-electron chi connectivity index (χ0n) is 9.63. The van der Waals surface area contributed by atoms with Crippen LogP contribution in [0, 0.1) is 5.92 Å². The second kappa shape index (κ2) is 4.82. The van der Waals surface area contributed by atoms with E-state index in [1.54, 1.807) is 6.08 Å². The van der Waals surface area contributed by atoms with Crippen LogP contribution in [0.2, 0.25) is 0 Å². The molecular weight excluding hydrogens is 231 g/mol. The van der Waals surface area contributed by atoms with Gasteiger partial charge in [0.05, 0.1) is 18.3 Å². The van der Waals surface area contributed by atoms with Crippen molar-refractivity contribution in [1.82, 2.24) is 5.32 Å². The molecule has 5 heteroatoms. The summed E-state index contributed by atoms with van der Waals surface area (Å²) >= 11 is 0. The second-order valence-corrected chi connectivity index (χ2v) is 4.60. The standard InChI is InChI=1S/C12H16F3NO/c1-8-7-17-11(6-16-8)9-2-4-10(5-3-9)12(13,14)15/h2,4-5,8-9,11,16H,3,6-7H2,1H3/t8-,9?,11-/m1/s1. The summed E-state index contributed by atoms with van der Waals surface area (Å²) in [5.74, 6) is 0.0427. The lowest BCUT2D eigenvalue weighted by Crippen LogP contribution is -2.47. The Hall–Kier alpha value is -0.810. The first-order chi connectivity index (χ1) is 7.97. The normalized spacial score (nSPS) is 34.6. The topological polar surface area (TPSA) is 21.3 Å². The molecule has 0 spiro atoms. The summed E-state index contributed by atoms with van der Waals surface area (Å²) in [5.41, 5.74) is -0.550. The van der Waals surface area contributed by atoms with Crippen molar-refractivity contribution in [1.29, 1.82) is 0 Å². The third-order valence-electron chi connectivity index (χ3n) is 3.17. The van der Waals surface area contributed by atoms with E-state index >= 15 is 0 Å². The van der Waals surface area contributed by atoms with Gasteiger partial charge in [0, 0.05) is 18.5 Å². The van der Waals surface area contributed by atoms with Crippen LogP contribution in [-0.4, -0.2) is 31.5 Å². The van der Waals surface area contributed by atoms with E-state index in [1.165, 1.54) is 6.08 Å². The van der Waals surface area contributed by atoms with Gasteiger partial charge in [-0.05, 0) is 13.3 Å². The number of alkyl halides is 3. The van der Waals surface area contributed by atoms with E-state index in [4.69, 9.17) is 4.74 Å². The minimum Gasteiger partial charge on any atom is -0.375 e. The van der Waals surface area contributed by atoms with Crippen molar-refractivity contribution in [3.8, 4) is 0 Å². The number of hydrogen-bond acceptors (Lipinski definition) is 2. The van der Waals surface area contributed by atoms with Crippen LogP contribution in [0.1, 0.15) is 13.3 Å². The molecular formula is C12H16F3NO. The van der Waals surface area contributed by atoms with Crippen molar-refractivity contribution in [3.63, 3.8) is 0 Å². The van der Waals surface area contributed by atoms with Crippen LogP contribution in [0.5, 0.6) is 0 Å².